The fraction of sp³-hybridized carbons (Fsp3) is 0.182. The van der Waals surface area contributed by atoms with E-state index in [9.17, 15) is 13.6 Å². The predicted molar refractivity (Wildman–Crippen MR) is 53.6 cm³/mol. The molecule has 0 saturated heterocycles. The normalized spacial score (nSPS) is 9.80. The quantitative estimate of drug-likeness (QED) is 0.763. The van der Waals surface area contributed by atoms with Crippen LogP contribution in [0.4, 0.5) is 8.78 Å². The molecule has 0 aliphatic carbocycles. The lowest BCUT2D eigenvalue weighted by Gasteiger charge is -2.06. The van der Waals surface area contributed by atoms with Gasteiger partial charge in [-0.1, -0.05) is 12.1 Å². The predicted octanol–water partition coefficient (Wildman–Crippen LogP) is 2.19. The van der Waals surface area contributed by atoms with Gasteiger partial charge in [0, 0.05) is 6.54 Å². The van der Waals surface area contributed by atoms with Gasteiger partial charge in [0.2, 0.25) is 0 Å². The zero-order chi connectivity index (χ0) is 11.4. The molecular formula is C11H11F2NO. The van der Waals surface area contributed by atoms with Gasteiger partial charge in [0.25, 0.3) is 5.91 Å². The van der Waals surface area contributed by atoms with Gasteiger partial charge in [0.15, 0.2) is 0 Å². The van der Waals surface area contributed by atoms with Crippen LogP contribution in [0.1, 0.15) is 15.9 Å². The largest absolute Gasteiger partial charge is 0.348 e. The summed E-state index contributed by atoms with van der Waals surface area (Å²) in [5.74, 6) is -2.45. The van der Waals surface area contributed by atoms with Crippen molar-refractivity contribution in [3.05, 3.63) is 47.5 Å². The molecule has 0 radical (unpaired) electrons. The first-order chi connectivity index (χ1) is 7.07. The Balaban J connectivity index is 3.07. The summed E-state index contributed by atoms with van der Waals surface area (Å²) in [6, 6.07) is 2.36. The molecule has 0 spiro atoms. The Morgan fingerprint density at radius 2 is 2.20 bits per heavy atom. The lowest BCUT2D eigenvalue weighted by atomic mass is 10.1. The first-order valence-electron chi connectivity index (χ1n) is 4.41. The van der Waals surface area contributed by atoms with Crippen LogP contribution >= 0.6 is 0 Å². The maximum absolute atomic E-state index is 13.4. The fourth-order valence-corrected chi connectivity index (χ4v) is 1.12. The molecule has 0 heterocycles. The van der Waals surface area contributed by atoms with Crippen LogP contribution < -0.4 is 5.32 Å². The molecule has 0 saturated carbocycles. The molecule has 2 nitrogen and oxygen atoms in total. The molecule has 0 unspecified atom stereocenters. The smallest absolute Gasteiger partial charge is 0.257 e. The highest BCUT2D eigenvalue weighted by atomic mass is 19.1. The number of benzene rings is 1. The van der Waals surface area contributed by atoms with Crippen molar-refractivity contribution in [2.45, 2.75) is 6.92 Å². The van der Waals surface area contributed by atoms with Crippen molar-refractivity contribution in [2.24, 2.45) is 0 Å². The van der Waals surface area contributed by atoms with Crippen LogP contribution in [0.2, 0.25) is 0 Å². The maximum Gasteiger partial charge on any atom is 0.257 e. The Morgan fingerprint density at radius 3 is 2.80 bits per heavy atom. The molecule has 0 fully saturated rings. The van der Waals surface area contributed by atoms with Gasteiger partial charge < -0.3 is 5.32 Å². The summed E-state index contributed by atoms with van der Waals surface area (Å²) in [5.41, 5.74) is -0.308. The highest BCUT2D eigenvalue weighted by Gasteiger charge is 2.17. The molecule has 0 aliphatic rings. The summed E-state index contributed by atoms with van der Waals surface area (Å²) < 4.78 is 26.6. The van der Waals surface area contributed by atoms with Gasteiger partial charge in [-0.15, -0.1) is 6.58 Å². The van der Waals surface area contributed by atoms with Crippen LogP contribution in [0.25, 0.3) is 0 Å². The standard InChI is InChI=1S/C11H11F2NO/c1-3-6-14-11(15)9-8(12)5-4-7(2)10(9)13/h3-5H,1,6H2,2H3,(H,14,15). The van der Waals surface area contributed by atoms with Gasteiger partial charge in [0.05, 0.1) is 0 Å². The number of amides is 1. The molecule has 1 rings (SSSR count). The van der Waals surface area contributed by atoms with Gasteiger partial charge in [-0.2, -0.15) is 0 Å². The number of hydrogen-bond acceptors (Lipinski definition) is 1. The number of halogens is 2. The van der Waals surface area contributed by atoms with Crippen molar-refractivity contribution in [1.82, 2.24) is 5.32 Å². The third-order valence-corrected chi connectivity index (χ3v) is 1.92. The van der Waals surface area contributed by atoms with Crippen LogP contribution in [0.15, 0.2) is 24.8 Å². The van der Waals surface area contributed by atoms with Crippen molar-refractivity contribution in [3.8, 4) is 0 Å². The second kappa shape index (κ2) is 4.68. The van der Waals surface area contributed by atoms with Gasteiger partial charge in [-0.25, -0.2) is 8.78 Å². The van der Waals surface area contributed by atoms with E-state index < -0.39 is 23.1 Å². The first-order valence-corrected chi connectivity index (χ1v) is 4.41. The molecule has 15 heavy (non-hydrogen) atoms. The summed E-state index contributed by atoms with van der Waals surface area (Å²) in [7, 11) is 0. The van der Waals surface area contributed by atoms with Crippen LogP contribution in [0, 0.1) is 18.6 Å². The summed E-state index contributed by atoms with van der Waals surface area (Å²) in [4.78, 5) is 11.4. The number of aryl methyl sites for hydroxylation is 1. The molecule has 1 aromatic carbocycles. The van der Waals surface area contributed by atoms with E-state index >= 15 is 0 Å². The fourth-order valence-electron chi connectivity index (χ4n) is 1.12. The van der Waals surface area contributed by atoms with E-state index in [0.29, 0.717) is 0 Å². The van der Waals surface area contributed by atoms with Gasteiger partial charge in [0.1, 0.15) is 17.2 Å². The SMILES string of the molecule is C=CCNC(=O)c1c(F)ccc(C)c1F. The summed E-state index contributed by atoms with van der Waals surface area (Å²) in [5, 5.41) is 2.32. The lowest BCUT2D eigenvalue weighted by Crippen LogP contribution is -2.25. The third-order valence-electron chi connectivity index (χ3n) is 1.92. The van der Waals surface area contributed by atoms with Gasteiger partial charge in [-0.3, -0.25) is 4.79 Å². The van der Waals surface area contributed by atoms with Crippen LogP contribution in [0.5, 0.6) is 0 Å². The highest BCUT2D eigenvalue weighted by molar-refractivity contribution is 5.95. The molecule has 0 bridgehead atoms. The summed E-state index contributed by atoms with van der Waals surface area (Å²) >= 11 is 0. The minimum Gasteiger partial charge on any atom is -0.348 e. The Labute approximate surface area is 86.6 Å². The van der Waals surface area contributed by atoms with E-state index in [0.717, 1.165) is 6.07 Å². The van der Waals surface area contributed by atoms with E-state index in [1.165, 1.54) is 19.1 Å². The van der Waals surface area contributed by atoms with Crippen molar-refractivity contribution < 1.29 is 13.6 Å². The van der Waals surface area contributed by atoms with Crippen molar-refractivity contribution in [3.63, 3.8) is 0 Å². The molecule has 0 aliphatic heterocycles. The molecule has 1 amide bonds. The number of rotatable bonds is 3. The Morgan fingerprint density at radius 1 is 1.53 bits per heavy atom. The monoisotopic (exact) mass is 211 g/mol. The van der Waals surface area contributed by atoms with Gasteiger partial charge >= 0.3 is 0 Å². The van der Waals surface area contributed by atoms with Crippen molar-refractivity contribution in [2.75, 3.05) is 6.54 Å². The van der Waals surface area contributed by atoms with Crippen LogP contribution in [-0.2, 0) is 0 Å². The number of carbonyl (C=O) groups excluding carboxylic acids is 1. The second-order valence-corrected chi connectivity index (χ2v) is 3.05. The molecule has 1 aromatic rings. The van der Waals surface area contributed by atoms with Crippen molar-refractivity contribution in [1.29, 1.82) is 0 Å². The minimum atomic E-state index is -0.861. The number of hydrogen-bond donors (Lipinski definition) is 1. The zero-order valence-electron chi connectivity index (χ0n) is 8.31. The highest BCUT2D eigenvalue weighted by Crippen LogP contribution is 2.15. The zero-order valence-corrected chi connectivity index (χ0v) is 8.31. The Bertz CT molecular complexity index is 402. The molecule has 1 N–H and O–H groups in total. The van der Waals surface area contributed by atoms with Crippen LogP contribution in [-0.4, -0.2) is 12.5 Å². The Kier molecular flexibility index (Phi) is 3.55. The molecule has 0 atom stereocenters. The van der Waals surface area contributed by atoms with E-state index in [-0.39, 0.29) is 12.1 Å². The average molecular weight is 211 g/mol. The molecular weight excluding hydrogens is 200 g/mol. The Hall–Kier alpha value is -1.71. The third kappa shape index (κ3) is 2.40. The maximum atomic E-state index is 13.4. The number of carbonyl (C=O) groups is 1. The van der Waals surface area contributed by atoms with Gasteiger partial charge in [-0.05, 0) is 18.6 Å². The van der Waals surface area contributed by atoms with E-state index in [4.69, 9.17) is 0 Å². The first kappa shape index (κ1) is 11.4. The van der Waals surface area contributed by atoms with E-state index in [2.05, 4.69) is 11.9 Å². The summed E-state index contributed by atoms with van der Waals surface area (Å²) in [6.45, 7) is 5.03. The molecule has 80 valence electrons. The van der Waals surface area contributed by atoms with Crippen molar-refractivity contribution >= 4 is 5.91 Å². The minimum absolute atomic E-state index is 0.172. The van der Waals surface area contributed by atoms with E-state index in [1.807, 2.05) is 0 Å². The second-order valence-electron chi connectivity index (χ2n) is 3.05. The molecule has 4 heteroatoms. The lowest BCUT2D eigenvalue weighted by molar-refractivity contribution is 0.0949. The van der Waals surface area contributed by atoms with E-state index in [1.54, 1.807) is 0 Å². The average Bonchev–Trinajstić information content (AvgIpc) is 2.21. The molecule has 0 aromatic heterocycles. The number of nitrogens with one attached hydrogen (secondary N) is 1. The van der Waals surface area contributed by atoms with Crippen LogP contribution in [0.3, 0.4) is 0 Å². The summed E-state index contributed by atoms with van der Waals surface area (Å²) in [6.07, 6.45) is 1.43. The topological polar surface area (TPSA) is 29.1 Å².